The Hall–Kier alpha value is -1.36. The number of nitrogens with zero attached hydrogens (tertiary/aromatic N) is 1. The number of carbonyl (C=O) groups is 2. The first kappa shape index (κ1) is 8.75. The Bertz CT molecular complexity index is 432. The standard InChI is InChI=1S/C11H11NO4/c13-8-3-7-1-2-11(16-7)4-6-5-15-10(14)12(6)9(8)11/h1-2,6-7,9H,3-5H2/t6-,7-,9-,11-/m1/s1. The molecule has 0 aliphatic carbocycles. The maximum absolute atomic E-state index is 12.1. The van der Waals surface area contributed by atoms with Crippen molar-refractivity contribution in [2.75, 3.05) is 6.61 Å². The van der Waals surface area contributed by atoms with Crippen LogP contribution in [0.3, 0.4) is 0 Å². The van der Waals surface area contributed by atoms with Crippen molar-refractivity contribution in [2.24, 2.45) is 0 Å². The van der Waals surface area contributed by atoms with Gasteiger partial charge in [-0.25, -0.2) is 4.79 Å². The monoisotopic (exact) mass is 221 g/mol. The van der Waals surface area contributed by atoms with Crippen LogP contribution in [0.1, 0.15) is 12.8 Å². The molecule has 3 fully saturated rings. The van der Waals surface area contributed by atoms with Gasteiger partial charge in [-0.1, -0.05) is 12.2 Å². The summed E-state index contributed by atoms with van der Waals surface area (Å²) in [5, 5.41) is 0. The quantitative estimate of drug-likeness (QED) is 0.550. The van der Waals surface area contributed by atoms with E-state index < -0.39 is 11.6 Å². The predicted molar refractivity (Wildman–Crippen MR) is 51.7 cm³/mol. The molecule has 84 valence electrons. The van der Waals surface area contributed by atoms with Crippen molar-refractivity contribution < 1.29 is 19.1 Å². The van der Waals surface area contributed by atoms with Crippen molar-refractivity contribution in [1.82, 2.24) is 4.90 Å². The maximum atomic E-state index is 12.1. The van der Waals surface area contributed by atoms with Crippen LogP contribution in [0.15, 0.2) is 12.2 Å². The molecule has 0 aromatic heterocycles. The van der Waals surface area contributed by atoms with Crippen LogP contribution in [0.4, 0.5) is 4.79 Å². The second-order valence-corrected chi connectivity index (χ2v) is 4.89. The first-order valence-electron chi connectivity index (χ1n) is 5.55. The number of rotatable bonds is 0. The van der Waals surface area contributed by atoms with Crippen LogP contribution in [0.25, 0.3) is 0 Å². The highest BCUT2D eigenvalue weighted by molar-refractivity contribution is 5.92. The van der Waals surface area contributed by atoms with E-state index in [0.29, 0.717) is 19.4 Å². The number of amides is 1. The third kappa shape index (κ3) is 0.822. The Morgan fingerprint density at radius 3 is 3.19 bits per heavy atom. The second-order valence-electron chi connectivity index (χ2n) is 4.89. The summed E-state index contributed by atoms with van der Waals surface area (Å²) in [7, 11) is 0. The van der Waals surface area contributed by atoms with Crippen molar-refractivity contribution in [1.29, 1.82) is 0 Å². The Balaban J connectivity index is 1.83. The lowest BCUT2D eigenvalue weighted by atomic mass is 9.89. The van der Waals surface area contributed by atoms with Crippen molar-refractivity contribution in [3.63, 3.8) is 0 Å². The Morgan fingerprint density at radius 1 is 1.44 bits per heavy atom. The molecule has 1 spiro atoms. The summed E-state index contributed by atoms with van der Waals surface area (Å²) in [4.78, 5) is 25.2. The largest absolute Gasteiger partial charge is 0.447 e. The molecule has 0 unspecified atom stereocenters. The van der Waals surface area contributed by atoms with Gasteiger partial charge < -0.3 is 9.47 Å². The third-order valence-corrected chi connectivity index (χ3v) is 3.97. The third-order valence-electron chi connectivity index (χ3n) is 3.97. The molecular weight excluding hydrogens is 210 g/mol. The normalized spacial score (nSPS) is 48.2. The van der Waals surface area contributed by atoms with Crippen molar-refractivity contribution in [3.8, 4) is 0 Å². The Kier molecular flexibility index (Phi) is 1.36. The second kappa shape index (κ2) is 2.48. The van der Waals surface area contributed by atoms with E-state index in [1.807, 2.05) is 12.2 Å². The van der Waals surface area contributed by atoms with Crippen molar-refractivity contribution >= 4 is 11.9 Å². The summed E-state index contributed by atoms with van der Waals surface area (Å²) in [5.74, 6) is 0.0996. The number of cyclic esters (lactones) is 1. The predicted octanol–water partition coefficient (Wildman–Crippen LogP) is 0.246. The molecule has 0 radical (unpaired) electrons. The van der Waals surface area contributed by atoms with E-state index in [0.717, 1.165) is 0 Å². The minimum atomic E-state index is -0.551. The number of ether oxygens (including phenoxy) is 2. The fourth-order valence-corrected chi connectivity index (χ4v) is 3.41. The van der Waals surface area contributed by atoms with Crippen molar-refractivity contribution in [3.05, 3.63) is 12.2 Å². The van der Waals surface area contributed by atoms with Crippen molar-refractivity contribution in [2.45, 2.75) is 36.6 Å². The number of Topliss-reactive ketones (excluding diaryl/α,β-unsaturated/α-hetero) is 1. The minimum Gasteiger partial charge on any atom is -0.447 e. The molecule has 5 nitrogen and oxygen atoms in total. The molecule has 5 heteroatoms. The molecule has 0 saturated carbocycles. The van der Waals surface area contributed by atoms with Gasteiger partial charge in [-0.05, 0) is 0 Å². The zero-order valence-corrected chi connectivity index (χ0v) is 8.59. The number of fused-ring (bicyclic) bond motifs is 3. The van der Waals surface area contributed by atoms with E-state index in [9.17, 15) is 9.59 Å². The molecular formula is C11H11NO4. The molecule has 4 atom stereocenters. The lowest BCUT2D eigenvalue weighted by molar-refractivity contribution is -0.143. The van der Waals surface area contributed by atoms with E-state index in [1.54, 1.807) is 4.90 Å². The number of carbonyl (C=O) groups excluding carboxylic acids is 2. The Morgan fingerprint density at radius 2 is 2.31 bits per heavy atom. The average molecular weight is 221 g/mol. The molecule has 3 saturated heterocycles. The first-order valence-corrected chi connectivity index (χ1v) is 5.55. The minimum absolute atomic E-state index is 0.00273. The lowest BCUT2D eigenvalue weighted by Gasteiger charge is -2.36. The average Bonchev–Trinajstić information content (AvgIpc) is 2.85. The maximum Gasteiger partial charge on any atom is 0.410 e. The van der Waals surface area contributed by atoms with Crippen LogP contribution >= 0.6 is 0 Å². The van der Waals surface area contributed by atoms with Crippen LogP contribution in [0.2, 0.25) is 0 Å². The smallest absolute Gasteiger partial charge is 0.410 e. The Labute approximate surface area is 92.0 Å². The summed E-state index contributed by atoms with van der Waals surface area (Å²) in [6.07, 6.45) is 4.52. The van der Waals surface area contributed by atoms with Gasteiger partial charge in [0.15, 0.2) is 5.78 Å². The van der Waals surface area contributed by atoms with Gasteiger partial charge in [-0.2, -0.15) is 0 Å². The van der Waals surface area contributed by atoms with Gasteiger partial charge in [-0.15, -0.1) is 0 Å². The van der Waals surface area contributed by atoms with E-state index in [1.165, 1.54) is 0 Å². The number of hydrogen-bond donors (Lipinski definition) is 0. The van der Waals surface area contributed by atoms with E-state index in [-0.39, 0.29) is 24.0 Å². The molecule has 4 heterocycles. The number of hydrogen-bond acceptors (Lipinski definition) is 4. The summed E-state index contributed by atoms with van der Waals surface area (Å²) >= 11 is 0. The van der Waals surface area contributed by atoms with Gasteiger partial charge in [-0.3, -0.25) is 9.69 Å². The molecule has 16 heavy (non-hydrogen) atoms. The summed E-state index contributed by atoms with van der Waals surface area (Å²) in [5.41, 5.74) is -0.551. The highest BCUT2D eigenvalue weighted by atomic mass is 16.6. The van der Waals surface area contributed by atoms with E-state index in [2.05, 4.69) is 0 Å². The molecule has 4 aliphatic rings. The molecule has 1 amide bonds. The SMILES string of the molecule is O=C1C[C@H]2C=C[C@]3(C[C@@H]4COC(=O)N4[C@H]13)O2. The highest BCUT2D eigenvalue weighted by Crippen LogP contribution is 2.48. The van der Waals surface area contributed by atoms with Gasteiger partial charge >= 0.3 is 6.09 Å². The van der Waals surface area contributed by atoms with Crippen LogP contribution in [0.5, 0.6) is 0 Å². The first-order chi connectivity index (χ1) is 7.70. The van der Waals surface area contributed by atoms with E-state index >= 15 is 0 Å². The van der Waals surface area contributed by atoms with Gasteiger partial charge in [0.25, 0.3) is 0 Å². The topological polar surface area (TPSA) is 55.8 Å². The molecule has 0 aromatic rings. The number of ketones is 1. The summed E-state index contributed by atoms with van der Waals surface area (Å²) in [6, 6.07) is -0.453. The molecule has 4 aliphatic heterocycles. The molecule has 2 bridgehead atoms. The van der Waals surface area contributed by atoms with Crippen LogP contribution in [-0.4, -0.2) is 47.2 Å². The lowest BCUT2D eigenvalue weighted by Crippen LogP contribution is -2.54. The molecule has 0 aromatic carbocycles. The molecule has 0 N–H and O–H groups in total. The van der Waals surface area contributed by atoms with Crippen LogP contribution < -0.4 is 0 Å². The fraction of sp³-hybridized carbons (Fsp3) is 0.636. The van der Waals surface area contributed by atoms with E-state index in [4.69, 9.17) is 9.47 Å². The van der Waals surface area contributed by atoms with Gasteiger partial charge in [0, 0.05) is 12.8 Å². The van der Waals surface area contributed by atoms with Gasteiger partial charge in [0.05, 0.1) is 12.1 Å². The van der Waals surface area contributed by atoms with Gasteiger partial charge in [0.1, 0.15) is 18.2 Å². The zero-order valence-electron chi connectivity index (χ0n) is 8.59. The summed E-state index contributed by atoms with van der Waals surface area (Å²) < 4.78 is 10.9. The highest BCUT2D eigenvalue weighted by Gasteiger charge is 2.63. The molecule has 4 rings (SSSR count). The van der Waals surface area contributed by atoms with Crippen LogP contribution in [-0.2, 0) is 14.3 Å². The zero-order chi connectivity index (χ0) is 10.9. The van der Waals surface area contributed by atoms with Crippen LogP contribution in [0, 0.1) is 0 Å². The van der Waals surface area contributed by atoms with Gasteiger partial charge in [0.2, 0.25) is 0 Å². The fourth-order valence-electron chi connectivity index (χ4n) is 3.41. The summed E-state index contributed by atoms with van der Waals surface area (Å²) in [6.45, 7) is 0.381.